The lowest BCUT2D eigenvalue weighted by molar-refractivity contribution is -0.137. The number of rotatable bonds is 3. The average molecular weight is 293 g/mol. The lowest BCUT2D eigenvalue weighted by Crippen LogP contribution is -2.33. The molecule has 0 spiro atoms. The SMILES string of the molecule is NNC(c1cnc(C(F)(F)F)s1)C1CCCCCC1. The van der Waals surface area contributed by atoms with Crippen molar-refractivity contribution in [1.29, 1.82) is 0 Å². The van der Waals surface area contributed by atoms with Gasteiger partial charge in [0.2, 0.25) is 0 Å². The van der Waals surface area contributed by atoms with E-state index in [4.69, 9.17) is 5.84 Å². The van der Waals surface area contributed by atoms with E-state index in [1.165, 1.54) is 19.0 Å². The first-order valence-corrected chi connectivity index (χ1v) is 7.33. The minimum atomic E-state index is -4.37. The minimum Gasteiger partial charge on any atom is -0.271 e. The molecule has 1 aliphatic rings. The van der Waals surface area contributed by atoms with Gasteiger partial charge in [-0.25, -0.2) is 4.98 Å². The van der Waals surface area contributed by atoms with Crippen LogP contribution in [0.3, 0.4) is 0 Å². The number of hydrazine groups is 1. The maximum absolute atomic E-state index is 12.6. The topological polar surface area (TPSA) is 50.9 Å². The van der Waals surface area contributed by atoms with E-state index < -0.39 is 11.2 Å². The normalized spacial score (nSPS) is 20.2. The van der Waals surface area contributed by atoms with Gasteiger partial charge in [0.15, 0.2) is 5.01 Å². The molecule has 2 rings (SSSR count). The predicted octanol–water partition coefficient (Wildman–Crippen LogP) is 3.64. The van der Waals surface area contributed by atoms with Gasteiger partial charge in [0.05, 0.1) is 6.04 Å². The van der Waals surface area contributed by atoms with Crippen molar-refractivity contribution in [1.82, 2.24) is 10.4 Å². The van der Waals surface area contributed by atoms with Crippen molar-refractivity contribution in [2.24, 2.45) is 11.8 Å². The van der Waals surface area contributed by atoms with E-state index >= 15 is 0 Å². The molecule has 0 aromatic carbocycles. The molecule has 1 saturated carbocycles. The second-order valence-electron chi connectivity index (χ2n) is 4.96. The Morgan fingerprint density at radius 2 is 1.89 bits per heavy atom. The Hall–Kier alpha value is -0.660. The van der Waals surface area contributed by atoms with Crippen molar-refractivity contribution in [2.45, 2.75) is 50.7 Å². The molecule has 3 N–H and O–H groups in total. The van der Waals surface area contributed by atoms with Gasteiger partial charge in [-0.2, -0.15) is 13.2 Å². The van der Waals surface area contributed by atoms with Crippen LogP contribution >= 0.6 is 11.3 Å². The fourth-order valence-corrected chi connectivity index (χ4v) is 3.59. The molecular formula is C12H18F3N3S. The highest BCUT2D eigenvalue weighted by molar-refractivity contribution is 7.11. The van der Waals surface area contributed by atoms with E-state index in [1.807, 2.05) is 0 Å². The van der Waals surface area contributed by atoms with Crippen LogP contribution in [0.25, 0.3) is 0 Å². The smallest absolute Gasteiger partial charge is 0.271 e. The summed E-state index contributed by atoms with van der Waals surface area (Å²) >= 11 is 0.694. The van der Waals surface area contributed by atoms with Crippen LogP contribution in [0.4, 0.5) is 13.2 Å². The van der Waals surface area contributed by atoms with Crippen molar-refractivity contribution in [3.8, 4) is 0 Å². The number of alkyl halides is 3. The summed E-state index contributed by atoms with van der Waals surface area (Å²) in [6.07, 6.45) is 3.59. The number of halogens is 3. The number of nitrogens with two attached hydrogens (primary N) is 1. The van der Waals surface area contributed by atoms with Crippen LogP contribution in [0, 0.1) is 5.92 Å². The molecule has 0 bridgehead atoms. The quantitative estimate of drug-likeness (QED) is 0.508. The number of thiazole rings is 1. The van der Waals surface area contributed by atoms with Crippen LogP contribution < -0.4 is 11.3 Å². The zero-order valence-corrected chi connectivity index (χ0v) is 11.4. The van der Waals surface area contributed by atoms with Gasteiger partial charge in [-0.3, -0.25) is 11.3 Å². The summed E-state index contributed by atoms with van der Waals surface area (Å²) < 4.78 is 37.7. The van der Waals surface area contributed by atoms with E-state index in [2.05, 4.69) is 10.4 Å². The fourth-order valence-electron chi connectivity index (χ4n) is 2.66. The standard InChI is InChI=1S/C12H18F3N3S/c13-12(14,15)11-17-7-9(19-11)10(18-16)8-5-3-1-2-4-6-8/h7-8,10,18H,1-6,16H2. The molecule has 19 heavy (non-hydrogen) atoms. The molecular weight excluding hydrogens is 275 g/mol. The largest absolute Gasteiger partial charge is 0.443 e. The van der Waals surface area contributed by atoms with Gasteiger partial charge in [-0.15, -0.1) is 11.3 Å². The lowest BCUT2D eigenvalue weighted by atomic mass is 9.91. The Bertz CT molecular complexity index is 397. The molecule has 1 atom stereocenters. The highest BCUT2D eigenvalue weighted by Gasteiger charge is 2.36. The summed E-state index contributed by atoms with van der Waals surface area (Å²) in [4.78, 5) is 4.06. The van der Waals surface area contributed by atoms with Crippen LogP contribution in [-0.2, 0) is 6.18 Å². The molecule has 7 heteroatoms. The minimum absolute atomic E-state index is 0.216. The summed E-state index contributed by atoms with van der Waals surface area (Å²) in [6, 6.07) is -0.216. The van der Waals surface area contributed by atoms with E-state index in [0.717, 1.165) is 25.7 Å². The van der Waals surface area contributed by atoms with Crippen LogP contribution in [0.1, 0.15) is 54.5 Å². The second-order valence-corrected chi connectivity index (χ2v) is 6.02. The van der Waals surface area contributed by atoms with Crippen LogP contribution in [0.5, 0.6) is 0 Å². The van der Waals surface area contributed by atoms with Crippen molar-refractivity contribution in [3.05, 3.63) is 16.1 Å². The van der Waals surface area contributed by atoms with Gasteiger partial charge in [-0.05, 0) is 18.8 Å². The number of nitrogens with one attached hydrogen (secondary N) is 1. The maximum atomic E-state index is 12.6. The summed E-state index contributed by atoms with van der Waals surface area (Å²) in [5.74, 6) is 5.85. The highest BCUT2D eigenvalue weighted by atomic mass is 32.1. The van der Waals surface area contributed by atoms with Gasteiger partial charge < -0.3 is 0 Å². The van der Waals surface area contributed by atoms with Crippen molar-refractivity contribution in [3.63, 3.8) is 0 Å². The zero-order valence-electron chi connectivity index (χ0n) is 10.5. The highest BCUT2D eigenvalue weighted by Crippen LogP contribution is 2.39. The van der Waals surface area contributed by atoms with Crippen molar-refractivity contribution < 1.29 is 13.2 Å². The van der Waals surface area contributed by atoms with Crippen LogP contribution in [-0.4, -0.2) is 4.98 Å². The molecule has 0 aliphatic heterocycles. The third kappa shape index (κ3) is 3.67. The molecule has 108 valence electrons. The first kappa shape index (κ1) is 14.7. The molecule has 0 saturated heterocycles. The fraction of sp³-hybridized carbons (Fsp3) is 0.750. The average Bonchev–Trinajstić information content (AvgIpc) is 2.68. The second kappa shape index (κ2) is 6.19. The predicted molar refractivity (Wildman–Crippen MR) is 68.4 cm³/mol. The molecule has 0 amide bonds. The van der Waals surface area contributed by atoms with E-state index in [0.29, 0.717) is 22.1 Å². The van der Waals surface area contributed by atoms with Gasteiger partial charge in [0.25, 0.3) is 0 Å². The number of hydrogen-bond acceptors (Lipinski definition) is 4. The van der Waals surface area contributed by atoms with Gasteiger partial charge in [0.1, 0.15) is 0 Å². The first-order chi connectivity index (χ1) is 9.02. The van der Waals surface area contributed by atoms with Gasteiger partial charge in [-0.1, -0.05) is 25.7 Å². The lowest BCUT2D eigenvalue weighted by Gasteiger charge is -2.24. The molecule has 1 aliphatic carbocycles. The van der Waals surface area contributed by atoms with Crippen molar-refractivity contribution >= 4 is 11.3 Å². The van der Waals surface area contributed by atoms with E-state index in [-0.39, 0.29) is 6.04 Å². The summed E-state index contributed by atoms with van der Waals surface area (Å²) in [5.41, 5.74) is 2.68. The van der Waals surface area contributed by atoms with E-state index in [1.54, 1.807) is 0 Å². The number of aromatic nitrogens is 1. The van der Waals surface area contributed by atoms with Crippen LogP contribution in [0.15, 0.2) is 6.20 Å². The Labute approximate surface area is 114 Å². The summed E-state index contributed by atoms with van der Waals surface area (Å²) in [6.45, 7) is 0. The number of nitrogens with zero attached hydrogens (tertiary/aromatic N) is 1. The summed E-state index contributed by atoms with van der Waals surface area (Å²) in [5, 5.41) is -0.795. The Morgan fingerprint density at radius 3 is 2.37 bits per heavy atom. The van der Waals surface area contributed by atoms with Gasteiger partial charge in [0, 0.05) is 11.1 Å². The molecule has 0 radical (unpaired) electrons. The molecule has 3 nitrogen and oxygen atoms in total. The molecule has 1 heterocycles. The van der Waals surface area contributed by atoms with E-state index in [9.17, 15) is 13.2 Å². The molecule has 1 aromatic heterocycles. The maximum Gasteiger partial charge on any atom is 0.443 e. The first-order valence-electron chi connectivity index (χ1n) is 6.51. The zero-order chi connectivity index (χ0) is 13.9. The van der Waals surface area contributed by atoms with Crippen molar-refractivity contribution in [2.75, 3.05) is 0 Å². The Balaban J connectivity index is 2.14. The molecule has 1 aromatic rings. The Kier molecular flexibility index (Phi) is 4.81. The van der Waals surface area contributed by atoms with Gasteiger partial charge >= 0.3 is 6.18 Å². The monoisotopic (exact) mass is 293 g/mol. The summed E-state index contributed by atoms with van der Waals surface area (Å²) in [7, 11) is 0. The third-order valence-electron chi connectivity index (χ3n) is 3.62. The number of hydrogen-bond donors (Lipinski definition) is 2. The third-order valence-corrected chi connectivity index (χ3v) is 4.75. The molecule has 1 unspecified atom stereocenters. The Morgan fingerprint density at radius 1 is 1.26 bits per heavy atom. The molecule has 1 fully saturated rings. The van der Waals surface area contributed by atoms with Crippen LogP contribution in [0.2, 0.25) is 0 Å².